The average molecular weight is 444 g/mol. The Morgan fingerprint density at radius 3 is 2.45 bits per heavy atom. The molecule has 9 heteroatoms. The van der Waals surface area contributed by atoms with Crippen molar-refractivity contribution in [3.8, 4) is 28.1 Å². The summed E-state index contributed by atoms with van der Waals surface area (Å²) in [6, 6.07) is 13.5. The monoisotopic (exact) mass is 444 g/mol. The Balaban J connectivity index is 1.74. The first-order valence-electron chi connectivity index (χ1n) is 10.1. The van der Waals surface area contributed by atoms with Crippen LogP contribution in [0.5, 0.6) is 0 Å². The molecule has 2 aromatic heterocycles. The molecule has 0 aliphatic rings. The number of carbonyl (C=O) groups excluding carboxylic acids is 1. The maximum absolute atomic E-state index is 14.3. The van der Waals surface area contributed by atoms with Crippen LogP contribution in [-0.2, 0) is 4.74 Å². The van der Waals surface area contributed by atoms with Crippen LogP contribution < -0.4 is 5.32 Å². The van der Waals surface area contributed by atoms with Gasteiger partial charge in [0.15, 0.2) is 5.82 Å². The molecule has 33 heavy (non-hydrogen) atoms. The molecule has 0 aliphatic carbocycles. The number of ether oxygens (including phenoxy) is 1. The third kappa shape index (κ3) is 4.91. The fraction of sp³-hybridized carbons (Fsp3) is 0.167. The van der Waals surface area contributed by atoms with Crippen molar-refractivity contribution >= 4 is 17.6 Å². The molecule has 0 fully saturated rings. The van der Waals surface area contributed by atoms with E-state index in [0.29, 0.717) is 16.9 Å². The van der Waals surface area contributed by atoms with E-state index < -0.39 is 17.5 Å². The van der Waals surface area contributed by atoms with Gasteiger partial charge in [0.05, 0.1) is 24.2 Å². The summed E-state index contributed by atoms with van der Waals surface area (Å²) < 4.78 is 21.2. The SMILES string of the molecule is [C-]#[N+]c1ccc(-c2cc(NC(=O)OC(C)(C)C)nn2-c2ccc(-c3cn[nH]c3)cc2)cc1F. The summed E-state index contributed by atoms with van der Waals surface area (Å²) in [5.41, 5.74) is 2.89. The van der Waals surface area contributed by atoms with Crippen LogP contribution in [-0.4, -0.2) is 31.7 Å². The number of benzene rings is 2. The minimum absolute atomic E-state index is 0.0682. The van der Waals surface area contributed by atoms with Gasteiger partial charge in [-0.2, -0.15) is 5.10 Å². The Bertz CT molecular complexity index is 1330. The van der Waals surface area contributed by atoms with Crippen molar-refractivity contribution in [2.24, 2.45) is 0 Å². The lowest BCUT2D eigenvalue weighted by Gasteiger charge is -2.19. The molecular weight excluding hydrogens is 423 g/mol. The van der Waals surface area contributed by atoms with Crippen molar-refractivity contribution in [3.63, 3.8) is 0 Å². The minimum Gasteiger partial charge on any atom is -0.444 e. The quantitative estimate of drug-likeness (QED) is 0.380. The number of hydrogen-bond acceptors (Lipinski definition) is 4. The van der Waals surface area contributed by atoms with Gasteiger partial charge in [0.2, 0.25) is 5.69 Å². The van der Waals surface area contributed by atoms with Crippen LogP contribution in [0.1, 0.15) is 20.8 Å². The second kappa shape index (κ2) is 8.59. The van der Waals surface area contributed by atoms with Crippen LogP contribution in [0.4, 0.5) is 20.7 Å². The Morgan fingerprint density at radius 1 is 1.12 bits per heavy atom. The van der Waals surface area contributed by atoms with Crippen molar-refractivity contribution in [3.05, 3.63) is 78.2 Å². The van der Waals surface area contributed by atoms with Crippen LogP contribution in [0.25, 0.3) is 32.9 Å². The molecule has 2 N–H and O–H groups in total. The minimum atomic E-state index is -0.670. The predicted octanol–water partition coefficient (Wildman–Crippen LogP) is 5.97. The van der Waals surface area contributed by atoms with Gasteiger partial charge < -0.3 is 4.74 Å². The van der Waals surface area contributed by atoms with E-state index in [1.807, 2.05) is 24.3 Å². The second-order valence-electron chi connectivity index (χ2n) is 8.27. The van der Waals surface area contributed by atoms with E-state index in [4.69, 9.17) is 11.3 Å². The van der Waals surface area contributed by atoms with Crippen LogP contribution in [0.15, 0.2) is 60.9 Å². The summed E-state index contributed by atoms with van der Waals surface area (Å²) in [6.07, 6.45) is 2.86. The van der Waals surface area contributed by atoms with Gasteiger partial charge in [0, 0.05) is 23.4 Å². The molecule has 1 amide bonds. The first kappa shape index (κ1) is 21.8. The van der Waals surface area contributed by atoms with Gasteiger partial charge in [-0.25, -0.2) is 18.7 Å². The van der Waals surface area contributed by atoms with E-state index in [-0.39, 0.29) is 11.5 Å². The van der Waals surface area contributed by atoms with Crippen molar-refractivity contribution in [2.75, 3.05) is 5.32 Å². The lowest BCUT2D eigenvalue weighted by molar-refractivity contribution is 0.0635. The Labute approximate surface area is 189 Å². The molecule has 0 saturated heterocycles. The van der Waals surface area contributed by atoms with E-state index in [1.54, 1.807) is 50.0 Å². The molecule has 166 valence electrons. The molecule has 8 nitrogen and oxygen atoms in total. The lowest BCUT2D eigenvalue weighted by atomic mass is 10.1. The molecule has 0 saturated carbocycles. The van der Waals surface area contributed by atoms with Crippen molar-refractivity contribution < 1.29 is 13.9 Å². The molecule has 0 atom stereocenters. The normalized spacial score (nSPS) is 11.1. The third-order valence-corrected chi connectivity index (χ3v) is 4.65. The van der Waals surface area contributed by atoms with Gasteiger partial charge >= 0.3 is 6.09 Å². The van der Waals surface area contributed by atoms with Crippen LogP contribution in [0, 0.1) is 12.4 Å². The van der Waals surface area contributed by atoms with Gasteiger partial charge in [-0.1, -0.05) is 24.3 Å². The first-order valence-corrected chi connectivity index (χ1v) is 10.1. The molecule has 0 unspecified atom stereocenters. The number of halogens is 1. The van der Waals surface area contributed by atoms with Crippen LogP contribution in [0.3, 0.4) is 0 Å². The maximum Gasteiger partial charge on any atom is 0.413 e. The summed E-state index contributed by atoms with van der Waals surface area (Å²) in [7, 11) is 0. The third-order valence-electron chi connectivity index (χ3n) is 4.65. The van der Waals surface area contributed by atoms with Gasteiger partial charge in [0.25, 0.3) is 0 Å². The van der Waals surface area contributed by atoms with E-state index in [2.05, 4.69) is 25.5 Å². The standard InChI is InChI=1S/C24H21FN6O2/c1-24(2,3)33-23(32)29-22-12-21(16-7-10-20(26-4)19(25)11-16)31(30-22)18-8-5-15(6-9-18)17-13-27-28-14-17/h5-14H,1-3H3,(H,27,28)(H,29,30,32). The number of hydrogen-bond donors (Lipinski definition) is 2. The largest absolute Gasteiger partial charge is 0.444 e. The fourth-order valence-corrected chi connectivity index (χ4v) is 3.21. The topological polar surface area (TPSA) is 89.2 Å². The fourth-order valence-electron chi connectivity index (χ4n) is 3.21. The Kier molecular flexibility index (Phi) is 5.67. The van der Waals surface area contributed by atoms with Crippen molar-refractivity contribution in [2.45, 2.75) is 26.4 Å². The number of carbonyl (C=O) groups is 1. The first-order chi connectivity index (χ1) is 15.7. The van der Waals surface area contributed by atoms with E-state index in [9.17, 15) is 9.18 Å². The van der Waals surface area contributed by atoms with Crippen molar-refractivity contribution in [1.82, 2.24) is 20.0 Å². The molecular formula is C24H21FN6O2. The van der Waals surface area contributed by atoms with Crippen LogP contribution in [0.2, 0.25) is 0 Å². The van der Waals surface area contributed by atoms with Gasteiger partial charge in [-0.3, -0.25) is 10.4 Å². The summed E-state index contributed by atoms with van der Waals surface area (Å²) in [5, 5.41) is 13.9. The number of nitrogens with zero attached hydrogens (tertiary/aromatic N) is 4. The van der Waals surface area contributed by atoms with Crippen LogP contribution >= 0.6 is 0 Å². The molecule has 2 heterocycles. The zero-order chi connectivity index (χ0) is 23.6. The van der Waals surface area contributed by atoms with E-state index in [1.165, 1.54) is 12.1 Å². The average Bonchev–Trinajstić information content (AvgIpc) is 3.43. The summed E-state index contributed by atoms with van der Waals surface area (Å²) in [6.45, 7) is 12.4. The number of aromatic nitrogens is 4. The highest BCUT2D eigenvalue weighted by Crippen LogP contribution is 2.30. The van der Waals surface area contributed by atoms with Gasteiger partial charge in [-0.05, 0) is 44.5 Å². The number of amides is 1. The zero-order valence-electron chi connectivity index (χ0n) is 18.3. The molecule has 4 aromatic rings. The number of aromatic amines is 1. The second-order valence-corrected chi connectivity index (χ2v) is 8.27. The van der Waals surface area contributed by atoms with Gasteiger partial charge in [-0.15, -0.1) is 5.10 Å². The molecule has 0 aliphatic heterocycles. The summed E-state index contributed by atoms with van der Waals surface area (Å²) >= 11 is 0. The van der Waals surface area contributed by atoms with E-state index in [0.717, 1.165) is 11.1 Å². The zero-order valence-corrected chi connectivity index (χ0v) is 18.3. The maximum atomic E-state index is 14.3. The molecule has 4 rings (SSSR count). The molecule has 0 spiro atoms. The smallest absolute Gasteiger partial charge is 0.413 e. The lowest BCUT2D eigenvalue weighted by Crippen LogP contribution is -2.27. The number of rotatable bonds is 4. The highest BCUT2D eigenvalue weighted by molar-refractivity contribution is 5.85. The summed E-state index contributed by atoms with van der Waals surface area (Å²) in [5.74, 6) is -0.389. The molecule has 0 bridgehead atoms. The highest BCUT2D eigenvalue weighted by atomic mass is 19.1. The predicted molar refractivity (Wildman–Crippen MR) is 123 cm³/mol. The number of nitrogens with one attached hydrogen (secondary N) is 2. The van der Waals surface area contributed by atoms with Crippen molar-refractivity contribution in [1.29, 1.82) is 0 Å². The number of H-pyrrole nitrogens is 1. The number of anilines is 1. The Morgan fingerprint density at radius 2 is 1.85 bits per heavy atom. The van der Waals surface area contributed by atoms with Gasteiger partial charge in [0.1, 0.15) is 11.4 Å². The molecule has 0 radical (unpaired) electrons. The Hall–Kier alpha value is -4.45. The van der Waals surface area contributed by atoms with E-state index >= 15 is 0 Å². The highest BCUT2D eigenvalue weighted by Gasteiger charge is 2.19. The molecule has 2 aromatic carbocycles. The summed E-state index contributed by atoms with van der Waals surface area (Å²) in [4.78, 5) is 15.4.